The van der Waals surface area contributed by atoms with E-state index in [0.29, 0.717) is 17.5 Å². The van der Waals surface area contributed by atoms with Gasteiger partial charge in [-0.2, -0.15) is 0 Å². The van der Waals surface area contributed by atoms with Gasteiger partial charge in [-0.05, 0) is 75.2 Å². The first-order valence-corrected chi connectivity index (χ1v) is 17.8. The highest BCUT2D eigenvalue weighted by Crippen LogP contribution is 2.41. The number of furan rings is 1. The molecule has 0 aliphatic carbocycles. The fourth-order valence-corrected chi connectivity index (χ4v) is 7.29. The SMILES string of the molecule is c1ccc(-c2cccc(-c3nc(-c4cccc(-c5ccccc5)c4)nc(-c4ccc5oc6c7ccccc7c(-c7ccccc7)cc6c5c4)n3)c2)cc1. The first-order chi connectivity index (χ1) is 26.2. The van der Waals surface area contributed by atoms with Crippen molar-refractivity contribution in [2.24, 2.45) is 0 Å². The number of nitrogens with zero attached hydrogens (tertiary/aromatic N) is 3. The summed E-state index contributed by atoms with van der Waals surface area (Å²) in [7, 11) is 0. The molecule has 4 nitrogen and oxygen atoms in total. The molecular weight excluding hydrogens is 647 g/mol. The normalized spacial score (nSPS) is 11.4. The van der Waals surface area contributed by atoms with Crippen molar-refractivity contribution in [3.63, 3.8) is 0 Å². The summed E-state index contributed by atoms with van der Waals surface area (Å²) in [6, 6.07) is 65.1. The summed E-state index contributed by atoms with van der Waals surface area (Å²) in [6.45, 7) is 0. The van der Waals surface area contributed by atoms with E-state index in [4.69, 9.17) is 19.4 Å². The Bertz CT molecular complexity index is 2830. The zero-order valence-corrected chi connectivity index (χ0v) is 28.6. The maximum absolute atomic E-state index is 6.59. The molecule has 10 aromatic rings. The molecule has 0 unspecified atom stereocenters. The van der Waals surface area contributed by atoms with Gasteiger partial charge in [0.15, 0.2) is 17.5 Å². The van der Waals surface area contributed by atoms with Crippen molar-refractivity contribution in [2.75, 3.05) is 0 Å². The van der Waals surface area contributed by atoms with Crippen molar-refractivity contribution in [3.05, 3.63) is 188 Å². The average molecular weight is 678 g/mol. The van der Waals surface area contributed by atoms with Gasteiger partial charge in [-0.1, -0.05) is 152 Å². The van der Waals surface area contributed by atoms with Gasteiger partial charge in [0.25, 0.3) is 0 Å². The molecule has 0 bridgehead atoms. The minimum absolute atomic E-state index is 0.598. The van der Waals surface area contributed by atoms with Gasteiger partial charge in [-0.25, -0.2) is 15.0 Å². The van der Waals surface area contributed by atoms with Crippen LogP contribution in [0.1, 0.15) is 0 Å². The Kier molecular flexibility index (Phi) is 7.43. The van der Waals surface area contributed by atoms with E-state index in [-0.39, 0.29) is 0 Å². The van der Waals surface area contributed by atoms with Gasteiger partial charge >= 0.3 is 0 Å². The summed E-state index contributed by atoms with van der Waals surface area (Å²) < 4.78 is 6.59. The van der Waals surface area contributed by atoms with Gasteiger partial charge in [-0.3, -0.25) is 0 Å². The van der Waals surface area contributed by atoms with E-state index >= 15 is 0 Å². The van der Waals surface area contributed by atoms with Gasteiger partial charge in [-0.15, -0.1) is 0 Å². The third-order valence-corrected chi connectivity index (χ3v) is 9.91. The van der Waals surface area contributed by atoms with Crippen LogP contribution < -0.4 is 0 Å². The average Bonchev–Trinajstić information content (AvgIpc) is 3.62. The van der Waals surface area contributed by atoms with E-state index in [1.54, 1.807) is 0 Å². The van der Waals surface area contributed by atoms with Crippen LogP contribution in [-0.4, -0.2) is 15.0 Å². The second-order valence-electron chi connectivity index (χ2n) is 13.2. The fourth-order valence-electron chi connectivity index (χ4n) is 7.29. The van der Waals surface area contributed by atoms with Crippen molar-refractivity contribution < 1.29 is 4.42 Å². The molecule has 2 aromatic heterocycles. The Balaban J connectivity index is 1.17. The van der Waals surface area contributed by atoms with Gasteiger partial charge in [0.05, 0.1) is 0 Å². The zero-order valence-electron chi connectivity index (χ0n) is 28.6. The van der Waals surface area contributed by atoms with E-state index in [2.05, 4.69) is 170 Å². The highest BCUT2D eigenvalue weighted by molar-refractivity contribution is 6.19. The first-order valence-electron chi connectivity index (χ1n) is 17.8. The topological polar surface area (TPSA) is 51.8 Å². The second kappa shape index (κ2) is 12.9. The molecule has 0 spiro atoms. The Labute approximate surface area is 306 Å². The van der Waals surface area contributed by atoms with Crippen LogP contribution in [0.4, 0.5) is 0 Å². The number of benzene rings is 8. The lowest BCUT2D eigenvalue weighted by molar-refractivity contribution is 0.672. The zero-order chi connectivity index (χ0) is 35.1. The van der Waals surface area contributed by atoms with Crippen molar-refractivity contribution in [2.45, 2.75) is 0 Å². The van der Waals surface area contributed by atoms with Gasteiger partial charge in [0.2, 0.25) is 0 Å². The molecule has 0 N–H and O–H groups in total. The fraction of sp³-hybridized carbons (Fsp3) is 0. The summed E-state index contributed by atoms with van der Waals surface area (Å²) in [6.07, 6.45) is 0. The van der Waals surface area contributed by atoms with Crippen LogP contribution in [0, 0.1) is 0 Å². The summed E-state index contributed by atoms with van der Waals surface area (Å²) in [4.78, 5) is 15.4. The Morgan fingerprint density at radius 3 is 1.30 bits per heavy atom. The van der Waals surface area contributed by atoms with Crippen LogP contribution >= 0.6 is 0 Å². The quantitative estimate of drug-likeness (QED) is 0.176. The molecule has 8 aromatic carbocycles. The predicted octanol–water partition coefficient (Wildman–Crippen LogP) is 12.9. The monoisotopic (exact) mass is 677 g/mol. The second-order valence-corrected chi connectivity index (χ2v) is 13.2. The Morgan fingerprint density at radius 1 is 0.283 bits per heavy atom. The third kappa shape index (κ3) is 5.63. The van der Waals surface area contributed by atoms with Crippen LogP contribution in [0.2, 0.25) is 0 Å². The lowest BCUT2D eigenvalue weighted by Crippen LogP contribution is -2.00. The van der Waals surface area contributed by atoms with Crippen LogP contribution in [0.3, 0.4) is 0 Å². The van der Waals surface area contributed by atoms with Crippen LogP contribution in [0.25, 0.3) is 100 Å². The minimum Gasteiger partial charge on any atom is -0.455 e. The maximum atomic E-state index is 6.59. The van der Waals surface area contributed by atoms with E-state index in [1.807, 2.05) is 18.2 Å². The Morgan fingerprint density at radius 2 is 0.736 bits per heavy atom. The molecule has 10 rings (SSSR count). The molecule has 0 amide bonds. The van der Waals surface area contributed by atoms with E-state index < -0.39 is 0 Å². The van der Waals surface area contributed by atoms with Gasteiger partial charge in [0, 0.05) is 32.8 Å². The number of hydrogen-bond acceptors (Lipinski definition) is 4. The van der Waals surface area contributed by atoms with Gasteiger partial charge < -0.3 is 4.42 Å². The smallest absolute Gasteiger partial charge is 0.164 e. The molecular formula is C49H31N3O. The summed E-state index contributed by atoms with van der Waals surface area (Å²) >= 11 is 0. The van der Waals surface area contributed by atoms with Crippen molar-refractivity contribution in [3.8, 4) is 67.5 Å². The number of aromatic nitrogens is 3. The van der Waals surface area contributed by atoms with Crippen molar-refractivity contribution in [1.29, 1.82) is 0 Å². The maximum Gasteiger partial charge on any atom is 0.164 e. The molecule has 0 aliphatic rings. The number of hydrogen-bond donors (Lipinski definition) is 0. The lowest BCUT2D eigenvalue weighted by atomic mass is 9.95. The molecule has 53 heavy (non-hydrogen) atoms. The molecule has 0 radical (unpaired) electrons. The molecule has 0 fully saturated rings. The first kappa shape index (κ1) is 30.6. The third-order valence-electron chi connectivity index (χ3n) is 9.91. The number of rotatable bonds is 6. The molecule has 0 saturated heterocycles. The molecule has 248 valence electrons. The van der Waals surface area contributed by atoms with E-state index in [9.17, 15) is 0 Å². The largest absolute Gasteiger partial charge is 0.455 e. The standard InChI is InChI=1S/C49H31N3O/c1-4-14-32(15-5-1)35-20-12-22-37(28-35)47-50-48(38-23-13-21-36(29-38)33-16-6-2-7-17-33)52-49(51-47)39-26-27-45-43(30-39)44-31-42(34-18-8-3-9-19-34)40-24-10-11-25-41(40)46(44)53-45/h1-31H. The molecule has 0 saturated carbocycles. The van der Waals surface area contributed by atoms with Crippen LogP contribution in [0.15, 0.2) is 192 Å². The molecule has 4 heteroatoms. The Hall–Kier alpha value is -7.17. The van der Waals surface area contributed by atoms with Crippen molar-refractivity contribution >= 4 is 32.7 Å². The molecule has 0 aliphatic heterocycles. The predicted molar refractivity (Wildman–Crippen MR) is 217 cm³/mol. The van der Waals surface area contributed by atoms with Crippen LogP contribution in [0.5, 0.6) is 0 Å². The van der Waals surface area contributed by atoms with E-state index in [0.717, 1.165) is 71.7 Å². The van der Waals surface area contributed by atoms with Crippen LogP contribution in [-0.2, 0) is 0 Å². The summed E-state index contributed by atoms with van der Waals surface area (Å²) in [5.41, 5.74) is 11.2. The molecule has 2 heterocycles. The summed E-state index contributed by atoms with van der Waals surface area (Å²) in [5.74, 6) is 1.82. The highest BCUT2D eigenvalue weighted by Gasteiger charge is 2.18. The minimum atomic E-state index is 0.598. The highest BCUT2D eigenvalue weighted by atomic mass is 16.3. The van der Waals surface area contributed by atoms with E-state index in [1.165, 1.54) is 11.1 Å². The molecule has 0 atom stereocenters. The number of fused-ring (bicyclic) bond motifs is 5. The van der Waals surface area contributed by atoms with Gasteiger partial charge in [0.1, 0.15) is 11.2 Å². The van der Waals surface area contributed by atoms with Crippen molar-refractivity contribution in [1.82, 2.24) is 15.0 Å². The summed E-state index contributed by atoms with van der Waals surface area (Å²) in [5, 5.41) is 4.32. The lowest BCUT2D eigenvalue weighted by Gasteiger charge is -2.11.